The average Bonchev–Trinajstić information content (AvgIpc) is 2.77. The van der Waals surface area contributed by atoms with Crippen LogP contribution in [0.5, 0.6) is 0 Å². The van der Waals surface area contributed by atoms with Crippen LogP contribution in [0.15, 0.2) is 30.5 Å². The van der Waals surface area contributed by atoms with Crippen LogP contribution in [0.3, 0.4) is 0 Å². The summed E-state index contributed by atoms with van der Waals surface area (Å²) in [7, 11) is 0. The number of halogens is 3. The van der Waals surface area contributed by atoms with Gasteiger partial charge in [0.25, 0.3) is 0 Å². The molecule has 1 aromatic heterocycles. The van der Waals surface area contributed by atoms with Crippen LogP contribution >= 0.6 is 0 Å². The molecule has 0 fully saturated rings. The Labute approximate surface area is 118 Å². The molecule has 112 valence electrons. The normalized spacial score (nSPS) is 11.6. The fourth-order valence-electron chi connectivity index (χ4n) is 1.98. The topological polar surface area (TPSA) is 55.1 Å². The molecule has 1 heterocycles. The van der Waals surface area contributed by atoms with Crippen molar-refractivity contribution in [3.63, 3.8) is 0 Å². The van der Waals surface area contributed by atoms with Crippen molar-refractivity contribution in [1.29, 1.82) is 0 Å². The molecule has 0 saturated heterocycles. The zero-order valence-corrected chi connectivity index (χ0v) is 11.2. The second-order valence-electron chi connectivity index (χ2n) is 4.61. The van der Waals surface area contributed by atoms with E-state index in [1.54, 1.807) is 6.92 Å². The number of carboxylic acids is 1. The van der Waals surface area contributed by atoms with Crippen molar-refractivity contribution in [2.75, 3.05) is 0 Å². The maximum Gasteiger partial charge on any atom is 0.416 e. The summed E-state index contributed by atoms with van der Waals surface area (Å²) < 4.78 is 39.0. The monoisotopic (exact) mass is 298 g/mol. The highest BCUT2D eigenvalue weighted by atomic mass is 19.4. The van der Waals surface area contributed by atoms with Gasteiger partial charge in [0, 0.05) is 12.1 Å². The Kier molecular flexibility index (Phi) is 4.02. The summed E-state index contributed by atoms with van der Waals surface area (Å²) in [5, 5.41) is 12.8. The Hall–Kier alpha value is -2.31. The lowest BCUT2D eigenvalue weighted by Crippen LogP contribution is -2.06. The van der Waals surface area contributed by atoms with Gasteiger partial charge in [0.2, 0.25) is 0 Å². The SMILES string of the molecule is Cc1c(CCC(=O)O)cnn1-c1ccc(C(F)(F)F)cc1. The molecule has 7 heteroatoms. The predicted octanol–water partition coefficient (Wildman–Crippen LogP) is 3.22. The smallest absolute Gasteiger partial charge is 0.416 e. The van der Waals surface area contributed by atoms with Gasteiger partial charge in [0.05, 0.1) is 17.4 Å². The number of hydrogen-bond acceptors (Lipinski definition) is 2. The molecule has 1 N–H and O–H groups in total. The molecule has 0 amide bonds. The Morgan fingerprint density at radius 1 is 1.29 bits per heavy atom. The molecular formula is C14H13F3N2O2. The van der Waals surface area contributed by atoms with Crippen LogP contribution in [-0.4, -0.2) is 20.9 Å². The van der Waals surface area contributed by atoms with Gasteiger partial charge < -0.3 is 5.11 Å². The zero-order chi connectivity index (χ0) is 15.6. The lowest BCUT2D eigenvalue weighted by Gasteiger charge is -2.09. The molecule has 0 radical (unpaired) electrons. The number of aromatic nitrogens is 2. The molecule has 0 aliphatic rings. The summed E-state index contributed by atoms with van der Waals surface area (Å²) >= 11 is 0. The zero-order valence-electron chi connectivity index (χ0n) is 11.2. The summed E-state index contributed by atoms with van der Waals surface area (Å²) in [4.78, 5) is 10.6. The van der Waals surface area contributed by atoms with E-state index in [4.69, 9.17) is 5.11 Å². The Morgan fingerprint density at radius 3 is 2.43 bits per heavy atom. The Morgan fingerprint density at radius 2 is 1.90 bits per heavy atom. The minimum absolute atomic E-state index is 0.0143. The maximum absolute atomic E-state index is 12.5. The third-order valence-electron chi connectivity index (χ3n) is 3.16. The van der Waals surface area contributed by atoms with E-state index in [9.17, 15) is 18.0 Å². The first kappa shape index (κ1) is 15.1. The summed E-state index contributed by atoms with van der Waals surface area (Å²) in [5.41, 5.74) is 1.26. The van der Waals surface area contributed by atoms with E-state index >= 15 is 0 Å². The second kappa shape index (κ2) is 5.59. The molecule has 4 nitrogen and oxygen atoms in total. The first-order chi connectivity index (χ1) is 9.79. The van der Waals surface area contributed by atoms with Crippen molar-refractivity contribution >= 4 is 5.97 Å². The van der Waals surface area contributed by atoms with E-state index in [-0.39, 0.29) is 6.42 Å². The first-order valence-electron chi connectivity index (χ1n) is 6.22. The molecule has 0 bridgehead atoms. The molecule has 21 heavy (non-hydrogen) atoms. The number of carbonyl (C=O) groups is 1. The third-order valence-corrected chi connectivity index (χ3v) is 3.16. The lowest BCUT2D eigenvalue weighted by atomic mass is 10.1. The number of aryl methyl sites for hydroxylation is 1. The molecule has 0 spiro atoms. The number of nitrogens with zero attached hydrogens (tertiary/aromatic N) is 2. The highest BCUT2D eigenvalue weighted by Gasteiger charge is 2.30. The molecule has 0 unspecified atom stereocenters. The van der Waals surface area contributed by atoms with E-state index < -0.39 is 17.7 Å². The fourth-order valence-corrected chi connectivity index (χ4v) is 1.98. The van der Waals surface area contributed by atoms with Gasteiger partial charge in [-0.2, -0.15) is 18.3 Å². The van der Waals surface area contributed by atoms with Crippen molar-refractivity contribution in [3.8, 4) is 5.69 Å². The summed E-state index contributed by atoms with van der Waals surface area (Å²) in [5.74, 6) is -0.906. The van der Waals surface area contributed by atoms with Crippen LogP contribution in [-0.2, 0) is 17.4 Å². The number of aliphatic carboxylic acids is 1. The summed E-state index contributed by atoms with van der Waals surface area (Å²) in [6, 6.07) is 4.66. The van der Waals surface area contributed by atoms with Crippen LogP contribution in [0.25, 0.3) is 5.69 Å². The van der Waals surface area contributed by atoms with Crippen molar-refractivity contribution in [1.82, 2.24) is 9.78 Å². The van der Waals surface area contributed by atoms with Crippen molar-refractivity contribution < 1.29 is 23.1 Å². The van der Waals surface area contributed by atoms with Crippen LogP contribution in [0.1, 0.15) is 23.2 Å². The van der Waals surface area contributed by atoms with Crippen LogP contribution in [0.4, 0.5) is 13.2 Å². The quantitative estimate of drug-likeness (QED) is 0.943. The molecule has 0 aliphatic carbocycles. The molecule has 0 atom stereocenters. The van der Waals surface area contributed by atoms with E-state index in [1.807, 2.05) is 0 Å². The van der Waals surface area contributed by atoms with Gasteiger partial charge >= 0.3 is 12.1 Å². The van der Waals surface area contributed by atoms with Gasteiger partial charge in [-0.15, -0.1) is 0 Å². The largest absolute Gasteiger partial charge is 0.481 e. The summed E-state index contributed by atoms with van der Waals surface area (Å²) in [6.07, 6.45) is -2.51. The molecule has 2 aromatic rings. The minimum atomic E-state index is -4.37. The Bertz CT molecular complexity index is 645. The lowest BCUT2D eigenvalue weighted by molar-refractivity contribution is -0.138. The van der Waals surface area contributed by atoms with E-state index in [1.165, 1.54) is 23.0 Å². The number of hydrogen-bond donors (Lipinski definition) is 1. The number of rotatable bonds is 4. The third kappa shape index (κ3) is 3.42. The van der Waals surface area contributed by atoms with Crippen LogP contribution in [0, 0.1) is 6.92 Å². The molecule has 0 aliphatic heterocycles. The van der Waals surface area contributed by atoms with E-state index in [2.05, 4.69) is 5.10 Å². The van der Waals surface area contributed by atoms with Gasteiger partial charge in [-0.1, -0.05) is 0 Å². The van der Waals surface area contributed by atoms with Gasteiger partial charge in [0.1, 0.15) is 0 Å². The van der Waals surface area contributed by atoms with Crippen LogP contribution in [0.2, 0.25) is 0 Å². The fraction of sp³-hybridized carbons (Fsp3) is 0.286. The average molecular weight is 298 g/mol. The number of carboxylic acid groups (broad SMARTS) is 1. The van der Waals surface area contributed by atoms with Gasteiger partial charge in [0.15, 0.2) is 0 Å². The number of alkyl halides is 3. The minimum Gasteiger partial charge on any atom is -0.481 e. The highest BCUT2D eigenvalue weighted by Crippen LogP contribution is 2.29. The number of benzene rings is 1. The standard InChI is InChI=1S/C14H13F3N2O2/c1-9-10(2-7-13(20)21)8-18-19(9)12-5-3-11(4-6-12)14(15,16)17/h3-6,8H,2,7H2,1H3,(H,20,21). The van der Waals surface area contributed by atoms with Gasteiger partial charge in [-0.3, -0.25) is 4.79 Å². The van der Waals surface area contributed by atoms with Gasteiger partial charge in [-0.25, -0.2) is 4.68 Å². The first-order valence-corrected chi connectivity index (χ1v) is 6.22. The van der Waals surface area contributed by atoms with E-state index in [0.29, 0.717) is 12.1 Å². The molecular weight excluding hydrogens is 285 g/mol. The van der Waals surface area contributed by atoms with Crippen molar-refractivity contribution in [2.24, 2.45) is 0 Å². The maximum atomic E-state index is 12.5. The molecule has 0 saturated carbocycles. The molecule has 2 rings (SSSR count). The second-order valence-corrected chi connectivity index (χ2v) is 4.61. The van der Waals surface area contributed by atoms with Gasteiger partial charge in [-0.05, 0) is 43.2 Å². The summed E-state index contributed by atoms with van der Waals surface area (Å²) in [6.45, 7) is 1.75. The van der Waals surface area contributed by atoms with Crippen LogP contribution < -0.4 is 0 Å². The highest BCUT2D eigenvalue weighted by molar-refractivity contribution is 5.67. The predicted molar refractivity (Wildman–Crippen MR) is 69.3 cm³/mol. The Balaban J connectivity index is 2.24. The molecule has 1 aromatic carbocycles. The van der Waals surface area contributed by atoms with Crippen molar-refractivity contribution in [2.45, 2.75) is 25.9 Å². The van der Waals surface area contributed by atoms with E-state index in [0.717, 1.165) is 23.4 Å². The van der Waals surface area contributed by atoms with Crippen molar-refractivity contribution in [3.05, 3.63) is 47.3 Å².